The highest BCUT2D eigenvalue weighted by atomic mass is 32.1. The van der Waals surface area contributed by atoms with Crippen LogP contribution in [0.5, 0.6) is 17.2 Å². The largest absolute Gasteiger partial charge is 0.493 e. The number of amides is 1. The highest BCUT2D eigenvalue weighted by molar-refractivity contribution is 7.80. The Labute approximate surface area is 121 Å². The van der Waals surface area contributed by atoms with Gasteiger partial charge in [-0.1, -0.05) is 0 Å². The molecule has 0 aromatic heterocycles. The average Bonchev–Trinajstić information content (AvgIpc) is 2.75. The molecule has 20 heavy (non-hydrogen) atoms. The summed E-state index contributed by atoms with van der Waals surface area (Å²) in [7, 11) is 4.59. The zero-order chi connectivity index (χ0) is 14.7. The maximum Gasteiger partial charge on any atom is 0.273 e. The topological polar surface area (TPSA) is 68.8 Å². The number of ether oxygens (including phenoxy) is 3. The summed E-state index contributed by atoms with van der Waals surface area (Å²) in [5.41, 5.74) is 1.09. The van der Waals surface area contributed by atoms with Gasteiger partial charge in [0.1, 0.15) is 5.70 Å². The van der Waals surface area contributed by atoms with E-state index >= 15 is 0 Å². The summed E-state index contributed by atoms with van der Waals surface area (Å²) in [5.74, 6) is 1.25. The zero-order valence-corrected chi connectivity index (χ0v) is 12.1. The molecule has 1 heterocycles. The first-order chi connectivity index (χ1) is 9.58. The van der Waals surface area contributed by atoms with Crippen molar-refractivity contribution in [2.45, 2.75) is 0 Å². The molecule has 1 aromatic rings. The van der Waals surface area contributed by atoms with Gasteiger partial charge in [-0.05, 0) is 36.0 Å². The van der Waals surface area contributed by atoms with Crippen molar-refractivity contribution in [3.63, 3.8) is 0 Å². The average molecular weight is 294 g/mol. The Kier molecular flexibility index (Phi) is 4.09. The lowest BCUT2D eigenvalue weighted by Gasteiger charge is -2.13. The van der Waals surface area contributed by atoms with Gasteiger partial charge < -0.3 is 19.5 Å². The third-order valence-electron chi connectivity index (χ3n) is 2.72. The van der Waals surface area contributed by atoms with Crippen LogP contribution in [0.25, 0.3) is 6.08 Å². The van der Waals surface area contributed by atoms with Gasteiger partial charge in [0.25, 0.3) is 5.91 Å². The summed E-state index contributed by atoms with van der Waals surface area (Å²) in [6.45, 7) is 0. The van der Waals surface area contributed by atoms with Gasteiger partial charge in [0, 0.05) is 0 Å². The van der Waals surface area contributed by atoms with E-state index < -0.39 is 0 Å². The lowest BCUT2D eigenvalue weighted by Crippen LogP contribution is -2.21. The third-order valence-corrected chi connectivity index (χ3v) is 2.92. The van der Waals surface area contributed by atoms with Crippen molar-refractivity contribution in [1.29, 1.82) is 0 Å². The standard InChI is InChI=1S/C13H14N2O4S/c1-17-9-5-7(6-10(18-2)11(9)19-3)4-8-12(16)15-13(20)14-8/h4-6H,1-3H3,(H2,14,15,16,20)/b8-4+. The molecule has 1 aromatic carbocycles. The molecule has 1 fully saturated rings. The minimum absolute atomic E-state index is 0.274. The summed E-state index contributed by atoms with van der Waals surface area (Å²) in [5, 5.41) is 5.55. The van der Waals surface area contributed by atoms with Crippen LogP contribution in [-0.2, 0) is 4.79 Å². The van der Waals surface area contributed by atoms with Crippen LogP contribution in [0.3, 0.4) is 0 Å². The van der Waals surface area contributed by atoms with E-state index in [0.717, 1.165) is 5.56 Å². The van der Waals surface area contributed by atoms with Crippen LogP contribution in [0.2, 0.25) is 0 Å². The number of hydrogen-bond acceptors (Lipinski definition) is 5. The molecule has 1 amide bonds. The fourth-order valence-electron chi connectivity index (χ4n) is 1.83. The molecule has 0 unspecified atom stereocenters. The van der Waals surface area contributed by atoms with Gasteiger partial charge in [0.15, 0.2) is 16.6 Å². The smallest absolute Gasteiger partial charge is 0.273 e. The summed E-state index contributed by atoms with van der Waals surface area (Å²) >= 11 is 4.87. The van der Waals surface area contributed by atoms with Gasteiger partial charge >= 0.3 is 0 Å². The van der Waals surface area contributed by atoms with Gasteiger partial charge in [-0.25, -0.2) is 0 Å². The molecular formula is C13H14N2O4S. The van der Waals surface area contributed by atoms with Crippen molar-refractivity contribution in [1.82, 2.24) is 10.6 Å². The second-order valence-electron chi connectivity index (χ2n) is 3.92. The number of methoxy groups -OCH3 is 3. The van der Waals surface area contributed by atoms with Crippen LogP contribution < -0.4 is 24.8 Å². The van der Waals surface area contributed by atoms with Crippen molar-refractivity contribution >= 4 is 29.3 Å². The lowest BCUT2D eigenvalue weighted by molar-refractivity contribution is -0.115. The first-order valence-electron chi connectivity index (χ1n) is 5.73. The van der Waals surface area contributed by atoms with Crippen molar-refractivity contribution in [2.24, 2.45) is 0 Å². The fraction of sp³-hybridized carbons (Fsp3) is 0.231. The minimum atomic E-state index is -0.274. The second-order valence-corrected chi connectivity index (χ2v) is 4.33. The van der Waals surface area contributed by atoms with Crippen LogP contribution in [0.15, 0.2) is 17.8 Å². The van der Waals surface area contributed by atoms with Gasteiger partial charge in [0.05, 0.1) is 21.3 Å². The number of carbonyl (C=O) groups is 1. The van der Waals surface area contributed by atoms with Crippen LogP contribution >= 0.6 is 12.2 Å². The van der Waals surface area contributed by atoms with Gasteiger partial charge in [0.2, 0.25) is 5.75 Å². The minimum Gasteiger partial charge on any atom is -0.493 e. The van der Waals surface area contributed by atoms with Crippen LogP contribution in [0, 0.1) is 0 Å². The number of hydrogen-bond donors (Lipinski definition) is 2. The Hall–Kier alpha value is -2.28. The lowest BCUT2D eigenvalue weighted by atomic mass is 10.1. The summed E-state index contributed by atoms with van der Waals surface area (Å²) < 4.78 is 15.7. The normalized spacial score (nSPS) is 15.8. The predicted octanol–water partition coefficient (Wildman–Crippen LogP) is 1.06. The highest BCUT2D eigenvalue weighted by Gasteiger charge is 2.20. The monoisotopic (exact) mass is 294 g/mol. The van der Waals surface area contributed by atoms with Gasteiger partial charge in [-0.3, -0.25) is 10.1 Å². The van der Waals surface area contributed by atoms with Gasteiger partial charge in [-0.15, -0.1) is 0 Å². The molecule has 0 saturated carbocycles. The predicted molar refractivity (Wildman–Crippen MR) is 78.0 cm³/mol. The molecule has 7 heteroatoms. The van der Waals surface area contributed by atoms with Crippen LogP contribution in [-0.4, -0.2) is 32.3 Å². The van der Waals surface area contributed by atoms with Crippen molar-refractivity contribution < 1.29 is 19.0 Å². The van der Waals surface area contributed by atoms with E-state index in [0.29, 0.717) is 22.9 Å². The first kappa shape index (κ1) is 14.1. The molecule has 6 nitrogen and oxygen atoms in total. The molecule has 1 saturated heterocycles. The number of thiocarbonyl (C=S) groups is 1. The quantitative estimate of drug-likeness (QED) is 0.639. The molecule has 0 atom stereocenters. The zero-order valence-electron chi connectivity index (χ0n) is 11.3. The van der Waals surface area contributed by atoms with E-state index in [1.807, 2.05) is 0 Å². The van der Waals surface area contributed by atoms with E-state index in [1.165, 1.54) is 21.3 Å². The number of rotatable bonds is 4. The molecule has 2 N–H and O–H groups in total. The molecule has 0 radical (unpaired) electrons. The number of nitrogens with one attached hydrogen (secondary N) is 2. The van der Waals surface area contributed by atoms with E-state index in [-0.39, 0.29) is 11.0 Å². The summed E-state index contributed by atoms with van der Waals surface area (Å²) in [6.07, 6.45) is 1.65. The molecule has 106 valence electrons. The third kappa shape index (κ3) is 2.67. The van der Waals surface area contributed by atoms with Crippen LogP contribution in [0.4, 0.5) is 0 Å². The molecular weight excluding hydrogens is 280 g/mol. The summed E-state index contributed by atoms with van der Waals surface area (Å²) in [6, 6.07) is 3.48. The highest BCUT2D eigenvalue weighted by Crippen LogP contribution is 2.38. The van der Waals surface area contributed by atoms with Crippen molar-refractivity contribution in [2.75, 3.05) is 21.3 Å². The Balaban J connectivity index is 2.45. The first-order valence-corrected chi connectivity index (χ1v) is 6.14. The van der Waals surface area contributed by atoms with Crippen molar-refractivity contribution in [3.05, 3.63) is 23.4 Å². The second kappa shape index (κ2) is 5.79. The Bertz CT molecular complexity index is 573. The van der Waals surface area contributed by atoms with E-state index in [2.05, 4.69) is 10.6 Å². The van der Waals surface area contributed by atoms with E-state index in [1.54, 1.807) is 18.2 Å². The van der Waals surface area contributed by atoms with E-state index in [9.17, 15) is 4.79 Å². The SMILES string of the molecule is COc1cc(/C=C2/NC(=S)NC2=O)cc(OC)c1OC. The number of benzene rings is 1. The Morgan fingerprint density at radius 3 is 2.05 bits per heavy atom. The maximum atomic E-state index is 11.6. The molecule has 0 aliphatic carbocycles. The van der Waals surface area contributed by atoms with Crippen molar-refractivity contribution in [3.8, 4) is 17.2 Å². The van der Waals surface area contributed by atoms with Crippen LogP contribution in [0.1, 0.15) is 5.56 Å². The fourth-order valence-corrected chi connectivity index (χ4v) is 2.04. The molecule has 1 aliphatic heterocycles. The molecule has 0 spiro atoms. The molecule has 2 rings (SSSR count). The summed E-state index contributed by atoms with van der Waals surface area (Å²) in [4.78, 5) is 11.6. The Morgan fingerprint density at radius 2 is 1.65 bits per heavy atom. The Morgan fingerprint density at radius 1 is 1.05 bits per heavy atom. The molecule has 0 bridgehead atoms. The van der Waals surface area contributed by atoms with Gasteiger partial charge in [-0.2, -0.15) is 0 Å². The molecule has 1 aliphatic rings. The maximum absolute atomic E-state index is 11.6. The number of carbonyl (C=O) groups excluding carboxylic acids is 1. The van der Waals surface area contributed by atoms with E-state index in [4.69, 9.17) is 26.4 Å².